The highest BCUT2D eigenvalue weighted by Crippen LogP contribution is 2.33. The van der Waals surface area contributed by atoms with Crippen molar-refractivity contribution in [2.75, 3.05) is 6.54 Å². The van der Waals surface area contributed by atoms with E-state index in [-0.39, 0.29) is 25.3 Å². The summed E-state index contributed by atoms with van der Waals surface area (Å²) in [5.41, 5.74) is -1.36. The predicted molar refractivity (Wildman–Crippen MR) is 80.9 cm³/mol. The standard InChI is InChI=1S/C16H29NO4/c1-4-12-5-7-16(21,8-6-12)11-17-13(18)9-15(2,3)10-14(19)20/h12,21H,4-11H2,1-3H3,(H,17,18)(H,19,20). The van der Waals surface area contributed by atoms with Gasteiger partial charge in [-0.2, -0.15) is 0 Å². The summed E-state index contributed by atoms with van der Waals surface area (Å²) in [5.74, 6) is -0.396. The van der Waals surface area contributed by atoms with E-state index in [1.807, 2.05) is 0 Å². The van der Waals surface area contributed by atoms with E-state index in [4.69, 9.17) is 5.11 Å². The molecular weight excluding hydrogens is 270 g/mol. The van der Waals surface area contributed by atoms with Crippen LogP contribution in [0.25, 0.3) is 0 Å². The molecule has 1 fully saturated rings. The first-order valence-electron chi connectivity index (χ1n) is 7.87. The fourth-order valence-electron chi connectivity index (χ4n) is 3.03. The summed E-state index contributed by atoms with van der Waals surface area (Å²) in [4.78, 5) is 22.7. The van der Waals surface area contributed by atoms with Gasteiger partial charge in [0.2, 0.25) is 5.91 Å². The molecule has 0 aromatic carbocycles. The number of aliphatic hydroxyl groups is 1. The third-order valence-electron chi connectivity index (χ3n) is 4.50. The summed E-state index contributed by atoms with van der Waals surface area (Å²) < 4.78 is 0. The van der Waals surface area contributed by atoms with Crippen molar-refractivity contribution >= 4 is 11.9 Å². The van der Waals surface area contributed by atoms with Gasteiger partial charge in [-0.05, 0) is 37.0 Å². The lowest BCUT2D eigenvalue weighted by molar-refractivity contribution is -0.139. The molecule has 122 valence electrons. The Morgan fingerprint density at radius 3 is 2.29 bits per heavy atom. The predicted octanol–water partition coefficient (Wildman–Crippen LogP) is 2.32. The van der Waals surface area contributed by atoms with Crippen LogP contribution in [0.4, 0.5) is 0 Å². The van der Waals surface area contributed by atoms with Crippen LogP contribution < -0.4 is 5.32 Å². The molecular formula is C16H29NO4. The zero-order valence-corrected chi connectivity index (χ0v) is 13.4. The minimum absolute atomic E-state index is 0.0388. The van der Waals surface area contributed by atoms with E-state index in [2.05, 4.69) is 12.2 Å². The molecule has 0 atom stereocenters. The maximum absolute atomic E-state index is 11.9. The van der Waals surface area contributed by atoms with Crippen molar-refractivity contribution in [1.82, 2.24) is 5.32 Å². The van der Waals surface area contributed by atoms with E-state index in [1.165, 1.54) is 0 Å². The van der Waals surface area contributed by atoms with Gasteiger partial charge in [-0.25, -0.2) is 0 Å². The normalized spacial score (nSPS) is 26.4. The average Bonchev–Trinajstić information content (AvgIpc) is 2.35. The number of rotatable bonds is 7. The number of carbonyl (C=O) groups is 2. The van der Waals surface area contributed by atoms with E-state index in [0.29, 0.717) is 5.92 Å². The minimum atomic E-state index is -0.899. The zero-order chi connectivity index (χ0) is 16.1. The molecule has 1 amide bonds. The second kappa shape index (κ2) is 7.25. The molecule has 0 unspecified atom stereocenters. The van der Waals surface area contributed by atoms with Crippen molar-refractivity contribution in [3.8, 4) is 0 Å². The summed E-state index contributed by atoms with van der Waals surface area (Å²) in [6, 6.07) is 0. The maximum atomic E-state index is 11.9. The molecule has 1 rings (SSSR count). The first kappa shape index (κ1) is 18.0. The van der Waals surface area contributed by atoms with Gasteiger partial charge in [-0.1, -0.05) is 27.2 Å². The molecule has 0 saturated heterocycles. The van der Waals surface area contributed by atoms with Gasteiger partial charge in [-0.15, -0.1) is 0 Å². The Morgan fingerprint density at radius 1 is 1.24 bits per heavy atom. The Balaban J connectivity index is 2.37. The fraction of sp³-hybridized carbons (Fsp3) is 0.875. The number of carbonyl (C=O) groups excluding carboxylic acids is 1. The first-order chi connectivity index (χ1) is 9.66. The van der Waals surface area contributed by atoms with Crippen molar-refractivity contribution in [1.29, 1.82) is 0 Å². The van der Waals surface area contributed by atoms with E-state index >= 15 is 0 Å². The van der Waals surface area contributed by atoms with Crippen molar-refractivity contribution < 1.29 is 19.8 Å². The molecule has 1 saturated carbocycles. The fourth-order valence-corrected chi connectivity index (χ4v) is 3.03. The van der Waals surface area contributed by atoms with Crippen LogP contribution in [0.2, 0.25) is 0 Å². The van der Waals surface area contributed by atoms with E-state index in [9.17, 15) is 14.7 Å². The van der Waals surface area contributed by atoms with Crippen molar-refractivity contribution in [3.63, 3.8) is 0 Å². The van der Waals surface area contributed by atoms with Crippen LogP contribution >= 0.6 is 0 Å². The molecule has 0 aromatic rings. The lowest BCUT2D eigenvalue weighted by Gasteiger charge is -2.36. The Kier molecular flexibility index (Phi) is 6.20. The highest BCUT2D eigenvalue weighted by molar-refractivity contribution is 5.78. The lowest BCUT2D eigenvalue weighted by atomic mass is 9.77. The monoisotopic (exact) mass is 299 g/mol. The highest BCUT2D eigenvalue weighted by Gasteiger charge is 2.33. The maximum Gasteiger partial charge on any atom is 0.303 e. The molecule has 0 radical (unpaired) electrons. The third-order valence-corrected chi connectivity index (χ3v) is 4.50. The van der Waals surface area contributed by atoms with Gasteiger partial charge in [-0.3, -0.25) is 9.59 Å². The van der Waals surface area contributed by atoms with Crippen LogP contribution in [0.15, 0.2) is 0 Å². The number of amides is 1. The average molecular weight is 299 g/mol. The number of hydrogen-bond donors (Lipinski definition) is 3. The largest absolute Gasteiger partial charge is 0.481 e. The molecule has 0 spiro atoms. The minimum Gasteiger partial charge on any atom is -0.481 e. The van der Waals surface area contributed by atoms with Crippen LogP contribution in [0.5, 0.6) is 0 Å². The lowest BCUT2D eigenvalue weighted by Crippen LogP contribution is -2.46. The van der Waals surface area contributed by atoms with Crippen molar-refractivity contribution in [2.24, 2.45) is 11.3 Å². The number of carboxylic acids is 1. The summed E-state index contributed by atoms with van der Waals surface area (Å²) in [6.07, 6.45) is 4.73. The quantitative estimate of drug-likeness (QED) is 0.673. The molecule has 3 N–H and O–H groups in total. The van der Waals surface area contributed by atoms with E-state index < -0.39 is 17.0 Å². The number of carboxylic acid groups (broad SMARTS) is 1. The van der Waals surface area contributed by atoms with Gasteiger partial charge in [0, 0.05) is 13.0 Å². The number of hydrogen-bond acceptors (Lipinski definition) is 3. The SMILES string of the molecule is CCC1CCC(O)(CNC(=O)CC(C)(C)CC(=O)O)CC1. The van der Waals surface area contributed by atoms with Crippen LogP contribution in [0, 0.1) is 11.3 Å². The first-order valence-corrected chi connectivity index (χ1v) is 7.87. The van der Waals surface area contributed by atoms with Gasteiger partial charge in [0.1, 0.15) is 0 Å². The second-order valence-corrected chi connectivity index (χ2v) is 7.26. The third kappa shape index (κ3) is 6.46. The van der Waals surface area contributed by atoms with Gasteiger partial charge in [0.25, 0.3) is 0 Å². The van der Waals surface area contributed by atoms with Crippen molar-refractivity contribution in [2.45, 2.75) is 71.3 Å². The molecule has 5 heteroatoms. The summed E-state index contributed by atoms with van der Waals surface area (Å²) in [6.45, 7) is 5.97. The Morgan fingerprint density at radius 2 is 1.81 bits per heavy atom. The summed E-state index contributed by atoms with van der Waals surface area (Å²) in [5, 5.41) is 22.1. The second-order valence-electron chi connectivity index (χ2n) is 7.26. The Labute approximate surface area is 127 Å². The molecule has 5 nitrogen and oxygen atoms in total. The Hall–Kier alpha value is -1.10. The molecule has 0 bridgehead atoms. The molecule has 0 aromatic heterocycles. The smallest absolute Gasteiger partial charge is 0.303 e. The van der Waals surface area contributed by atoms with Crippen molar-refractivity contribution in [3.05, 3.63) is 0 Å². The molecule has 0 aliphatic heterocycles. The summed E-state index contributed by atoms with van der Waals surface area (Å²) >= 11 is 0. The molecule has 0 heterocycles. The van der Waals surface area contributed by atoms with Crippen LogP contribution in [-0.4, -0.2) is 34.2 Å². The molecule has 21 heavy (non-hydrogen) atoms. The van der Waals surface area contributed by atoms with Gasteiger partial charge in [0.15, 0.2) is 0 Å². The molecule has 1 aliphatic rings. The molecule has 1 aliphatic carbocycles. The summed E-state index contributed by atoms with van der Waals surface area (Å²) in [7, 11) is 0. The van der Waals surface area contributed by atoms with Gasteiger partial charge >= 0.3 is 5.97 Å². The van der Waals surface area contributed by atoms with Crippen LogP contribution in [-0.2, 0) is 9.59 Å². The topological polar surface area (TPSA) is 86.6 Å². The van der Waals surface area contributed by atoms with Crippen LogP contribution in [0.3, 0.4) is 0 Å². The van der Waals surface area contributed by atoms with Gasteiger partial charge in [0.05, 0.1) is 12.0 Å². The van der Waals surface area contributed by atoms with Crippen LogP contribution in [0.1, 0.15) is 65.7 Å². The highest BCUT2D eigenvalue weighted by atomic mass is 16.4. The number of aliphatic carboxylic acids is 1. The zero-order valence-electron chi connectivity index (χ0n) is 13.4. The number of nitrogens with one attached hydrogen (secondary N) is 1. The van der Waals surface area contributed by atoms with Gasteiger partial charge < -0.3 is 15.5 Å². The Bertz CT molecular complexity index is 370. The van der Waals surface area contributed by atoms with E-state index in [1.54, 1.807) is 13.8 Å². The van der Waals surface area contributed by atoms with E-state index in [0.717, 1.165) is 32.1 Å².